The topological polar surface area (TPSA) is 115 Å². The van der Waals surface area contributed by atoms with Crippen LogP contribution in [0.5, 0.6) is 0 Å². The van der Waals surface area contributed by atoms with Crippen molar-refractivity contribution >= 4 is 0 Å². The zero-order valence-corrected chi connectivity index (χ0v) is 6.54. The minimum absolute atomic E-state index is 0.119. The third-order valence-corrected chi connectivity index (χ3v) is 2.27. The summed E-state index contributed by atoms with van der Waals surface area (Å²) in [4.78, 5) is 2.59. The molecule has 1 saturated carbocycles. The van der Waals surface area contributed by atoms with E-state index in [1.165, 1.54) is 0 Å². The van der Waals surface area contributed by atoms with Gasteiger partial charge in [-0.3, -0.25) is 0 Å². The SMILES string of the molecule is [N-]=[N+]=N[C@@H]1[C@H](O)[C@@H](CO)C[C@H]1N. The fraction of sp³-hybridized carbons (Fsp3) is 1.00. The van der Waals surface area contributed by atoms with Crippen LogP contribution in [0.15, 0.2) is 5.11 Å². The lowest BCUT2D eigenvalue weighted by Gasteiger charge is -2.14. The summed E-state index contributed by atoms with van der Waals surface area (Å²) in [5.41, 5.74) is 13.7. The maximum Gasteiger partial charge on any atom is 0.0788 e. The summed E-state index contributed by atoms with van der Waals surface area (Å²) in [6, 6.07) is -0.930. The summed E-state index contributed by atoms with van der Waals surface area (Å²) in [5, 5.41) is 21.6. The molecule has 0 bridgehead atoms. The molecule has 4 atom stereocenters. The zero-order valence-electron chi connectivity index (χ0n) is 6.54. The molecule has 68 valence electrons. The molecule has 6 heteroatoms. The Bertz CT molecular complexity index is 204. The normalized spacial score (nSPS) is 40.9. The second-order valence-electron chi connectivity index (χ2n) is 3.03. The standard InChI is InChI=1S/C6H12N4O2/c7-4-1-3(2-11)6(12)5(4)9-10-8/h3-6,11-12H,1-2,7H2/t3-,4-,5+,6-/m1/s1. The van der Waals surface area contributed by atoms with E-state index < -0.39 is 12.1 Å². The van der Waals surface area contributed by atoms with E-state index in [1.54, 1.807) is 0 Å². The van der Waals surface area contributed by atoms with Gasteiger partial charge in [0.2, 0.25) is 0 Å². The smallest absolute Gasteiger partial charge is 0.0788 e. The number of rotatable bonds is 2. The number of aliphatic hydroxyl groups is 2. The average Bonchev–Trinajstić information content (AvgIpc) is 2.32. The van der Waals surface area contributed by atoms with Gasteiger partial charge in [0.1, 0.15) is 0 Å². The molecule has 0 spiro atoms. The molecule has 0 aromatic heterocycles. The summed E-state index contributed by atoms with van der Waals surface area (Å²) in [5.74, 6) is -0.254. The Balaban J connectivity index is 2.69. The first kappa shape index (κ1) is 9.28. The van der Waals surface area contributed by atoms with E-state index >= 15 is 0 Å². The molecule has 0 aliphatic heterocycles. The van der Waals surface area contributed by atoms with Crippen molar-refractivity contribution in [3.63, 3.8) is 0 Å². The van der Waals surface area contributed by atoms with E-state index in [-0.39, 0.29) is 18.6 Å². The summed E-state index contributed by atoms with van der Waals surface area (Å²) in [6.07, 6.45) is -0.303. The van der Waals surface area contributed by atoms with Crippen LogP contribution in [0.3, 0.4) is 0 Å². The van der Waals surface area contributed by atoms with E-state index in [1.807, 2.05) is 0 Å². The Morgan fingerprint density at radius 3 is 2.75 bits per heavy atom. The zero-order chi connectivity index (χ0) is 9.14. The molecule has 0 radical (unpaired) electrons. The Morgan fingerprint density at radius 1 is 1.67 bits per heavy atom. The van der Waals surface area contributed by atoms with Crippen molar-refractivity contribution in [1.82, 2.24) is 0 Å². The predicted molar refractivity (Wildman–Crippen MR) is 42.1 cm³/mol. The van der Waals surface area contributed by atoms with Crippen molar-refractivity contribution in [3.05, 3.63) is 10.4 Å². The van der Waals surface area contributed by atoms with Gasteiger partial charge < -0.3 is 15.9 Å². The highest BCUT2D eigenvalue weighted by Gasteiger charge is 2.39. The van der Waals surface area contributed by atoms with Crippen molar-refractivity contribution in [3.8, 4) is 0 Å². The van der Waals surface area contributed by atoms with Gasteiger partial charge in [0.05, 0.1) is 12.1 Å². The van der Waals surface area contributed by atoms with Gasteiger partial charge in [-0.25, -0.2) is 0 Å². The first-order chi connectivity index (χ1) is 5.70. The third kappa shape index (κ3) is 1.51. The molecule has 1 fully saturated rings. The van der Waals surface area contributed by atoms with Crippen LogP contribution >= 0.6 is 0 Å². The quantitative estimate of drug-likeness (QED) is 0.292. The van der Waals surface area contributed by atoms with Gasteiger partial charge in [-0.2, -0.15) is 0 Å². The van der Waals surface area contributed by atoms with E-state index in [9.17, 15) is 5.11 Å². The number of nitrogens with two attached hydrogens (primary N) is 1. The van der Waals surface area contributed by atoms with Crippen molar-refractivity contribution in [2.75, 3.05) is 6.61 Å². The van der Waals surface area contributed by atoms with Crippen molar-refractivity contribution in [2.24, 2.45) is 16.8 Å². The molecule has 4 N–H and O–H groups in total. The van der Waals surface area contributed by atoms with Crippen LogP contribution in [0.4, 0.5) is 0 Å². The molecule has 1 aliphatic rings. The molecular formula is C6H12N4O2. The molecule has 0 aromatic carbocycles. The number of hydrogen-bond donors (Lipinski definition) is 3. The average molecular weight is 172 g/mol. The Hall–Kier alpha value is -0.810. The lowest BCUT2D eigenvalue weighted by Crippen LogP contribution is -2.34. The third-order valence-electron chi connectivity index (χ3n) is 2.27. The molecule has 0 aromatic rings. The van der Waals surface area contributed by atoms with Gasteiger partial charge in [-0.1, -0.05) is 5.11 Å². The van der Waals surface area contributed by atoms with Crippen LogP contribution in [0, 0.1) is 5.92 Å². The van der Waals surface area contributed by atoms with Gasteiger partial charge in [-0.15, -0.1) is 0 Å². The maximum absolute atomic E-state index is 9.45. The molecule has 6 nitrogen and oxygen atoms in total. The summed E-state index contributed by atoms with van der Waals surface area (Å²) >= 11 is 0. The number of aliphatic hydroxyl groups excluding tert-OH is 2. The summed E-state index contributed by atoms with van der Waals surface area (Å²) < 4.78 is 0. The highest BCUT2D eigenvalue weighted by Crippen LogP contribution is 2.27. The lowest BCUT2D eigenvalue weighted by molar-refractivity contribution is 0.0808. The highest BCUT2D eigenvalue weighted by molar-refractivity contribution is 4.98. The van der Waals surface area contributed by atoms with Crippen LogP contribution in [-0.4, -0.2) is 35.0 Å². The molecule has 12 heavy (non-hydrogen) atoms. The Labute approximate surface area is 69.6 Å². The highest BCUT2D eigenvalue weighted by atomic mass is 16.3. The monoisotopic (exact) mass is 172 g/mol. The Kier molecular flexibility index (Phi) is 2.88. The van der Waals surface area contributed by atoms with E-state index in [4.69, 9.17) is 16.4 Å². The summed E-state index contributed by atoms with van der Waals surface area (Å²) in [6.45, 7) is -0.119. The molecule has 0 saturated heterocycles. The van der Waals surface area contributed by atoms with Crippen molar-refractivity contribution in [2.45, 2.75) is 24.6 Å². The van der Waals surface area contributed by atoms with Crippen LogP contribution in [0.2, 0.25) is 0 Å². The number of hydrogen-bond acceptors (Lipinski definition) is 4. The van der Waals surface area contributed by atoms with Gasteiger partial charge in [0.15, 0.2) is 0 Å². The van der Waals surface area contributed by atoms with Crippen LogP contribution in [-0.2, 0) is 0 Å². The lowest BCUT2D eigenvalue weighted by atomic mass is 10.1. The fourth-order valence-electron chi connectivity index (χ4n) is 1.56. The molecular weight excluding hydrogens is 160 g/mol. The van der Waals surface area contributed by atoms with Gasteiger partial charge >= 0.3 is 0 Å². The second kappa shape index (κ2) is 3.73. The molecule has 0 amide bonds. The molecule has 1 aliphatic carbocycles. The van der Waals surface area contributed by atoms with Crippen molar-refractivity contribution in [1.29, 1.82) is 0 Å². The van der Waals surface area contributed by atoms with Gasteiger partial charge in [0, 0.05) is 23.5 Å². The summed E-state index contributed by atoms with van der Waals surface area (Å²) in [7, 11) is 0. The fourth-order valence-corrected chi connectivity index (χ4v) is 1.56. The largest absolute Gasteiger partial charge is 0.396 e. The molecule has 1 rings (SSSR count). The van der Waals surface area contributed by atoms with Gasteiger partial charge in [0.25, 0.3) is 0 Å². The van der Waals surface area contributed by atoms with Crippen LogP contribution in [0.1, 0.15) is 6.42 Å². The van der Waals surface area contributed by atoms with Crippen LogP contribution < -0.4 is 5.73 Å². The second-order valence-corrected chi connectivity index (χ2v) is 3.03. The molecule has 0 unspecified atom stereocenters. The minimum Gasteiger partial charge on any atom is -0.396 e. The first-order valence-electron chi connectivity index (χ1n) is 3.79. The molecule has 0 heterocycles. The van der Waals surface area contributed by atoms with Gasteiger partial charge in [-0.05, 0) is 12.0 Å². The van der Waals surface area contributed by atoms with Crippen LogP contribution in [0.25, 0.3) is 10.4 Å². The number of azide groups is 1. The predicted octanol–water partition coefficient (Wildman–Crippen LogP) is -0.634. The van der Waals surface area contributed by atoms with E-state index in [0.29, 0.717) is 6.42 Å². The van der Waals surface area contributed by atoms with Crippen molar-refractivity contribution < 1.29 is 10.2 Å². The maximum atomic E-state index is 9.45. The Morgan fingerprint density at radius 2 is 2.33 bits per heavy atom. The minimum atomic E-state index is -0.805. The van der Waals surface area contributed by atoms with E-state index in [0.717, 1.165) is 0 Å². The first-order valence-corrected chi connectivity index (χ1v) is 3.79. The number of nitrogens with zero attached hydrogens (tertiary/aromatic N) is 3. The van der Waals surface area contributed by atoms with E-state index in [2.05, 4.69) is 10.0 Å².